The molecular formula is C13H14BrN3O. The summed E-state index contributed by atoms with van der Waals surface area (Å²) in [6.07, 6.45) is 3.23. The van der Waals surface area contributed by atoms with Crippen molar-refractivity contribution in [2.45, 2.75) is 19.3 Å². The van der Waals surface area contributed by atoms with Crippen LogP contribution < -0.4 is 10.5 Å². The molecule has 94 valence electrons. The number of ether oxygens (including phenoxy) is 1. The topological polar surface area (TPSA) is 53.1 Å². The molecule has 2 N–H and O–H groups in total. The molecule has 1 aromatic carbocycles. The molecular weight excluding hydrogens is 294 g/mol. The van der Waals surface area contributed by atoms with Crippen molar-refractivity contribution in [2.24, 2.45) is 0 Å². The number of rotatable bonds is 2. The average molecular weight is 308 g/mol. The molecule has 0 saturated heterocycles. The fourth-order valence-electron chi connectivity index (χ4n) is 2.46. The van der Waals surface area contributed by atoms with Crippen molar-refractivity contribution >= 4 is 21.7 Å². The van der Waals surface area contributed by atoms with E-state index in [-0.39, 0.29) is 0 Å². The number of benzene rings is 1. The number of aromatic nitrogens is 2. The van der Waals surface area contributed by atoms with Gasteiger partial charge in [0.1, 0.15) is 11.6 Å². The number of nitrogens with zero attached hydrogens (tertiary/aromatic N) is 2. The van der Waals surface area contributed by atoms with Gasteiger partial charge in [0.15, 0.2) is 0 Å². The van der Waals surface area contributed by atoms with E-state index < -0.39 is 0 Å². The van der Waals surface area contributed by atoms with Gasteiger partial charge < -0.3 is 10.5 Å². The zero-order valence-electron chi connectivity index (χ0n) is 10.1. The van der Waals surface area contributed by atoms with Crippen LogP contribution in [-0.4, -0.2) is 16.9 Å². The number of halogens is 1. The van der Waals surface area contributed by atoms with E-state index in [4.69, 9.17) is 10.5 Å². The van der Waals surface area contributed by atoms with Crippen molar-refractivity contribution < 1.29 is 4.74 Å². The van der Waals surface area contributed by atoms with Crippen LogP contribution in [0.15, 0.2) is 22.7 Å². The monoisotopic (exact) mass is 307 g/mol. The molecule has 0 bridgehead atoms. The van der Waals surface area contributed by atoms with Gasteiger partial charge in [-0.3, -0.25) is 0 Å². The van der Waals surface area contributed by atoms with Crippen LogP contribution in [0.3, 0.4) is 0 Å². The van der Waals surface area contributed by atoms with Gasteiger partial charge >= 0.3 is 0 Å². The smallest absolute Gasteiger partial charge is 0.149 e. The molecule has 3 rings (SSSR count). The maximum atomic E-state index is 5.96. The summed E-state index contributed by atoms with van der Waals surface area (Å²) in [5.41, 5.74) is 9.39. The Balaban J connectivity index is 2.13. The molecule has 18 heavy (non-hydrogen) atoms. The molecule has 1 aliphatic carbocycles. The lowest BCUT2D eigenvalue weighted by atomic mass is 10.2. The minimum atomic E-state index is 0.657. The van der Waals surface area contributed by atoms with Crippen LogP contribution in [0.1, 0.15) is 17.7 Å². The quantitative estimate of drug-likeness (QED) is 0.928. The molecule has 1 heterocycles. The van der Waals surface area contributed by atoms with Gasteiger partial charge in [-0.25, -0.2) is 4.68 Å². The van der Waals surface area contributed by atoms with Crippen molar-refractivity contribution in [1.82, 2.24) is 9.78 Å². The summed E-state index contributed by atoms with van der Waals surface area (Å²) in [7, 11) is 1.66. The Hall–Kier alpha value is -1.49. The van der Waals surface area contributed by atoms with Crippen LogP contribution in [0.4, 0.5) is 5.82 Å². The van der Waals surface area contributed by atoms with Crippen LogP contribution in [0.5, 0.6) is 5.75 Å². The lowest BCUT2D eigenvalue weighted by Crippen LogP contribution is -2.02. The molecule has 0 fully saturated rings. The van der Waals surface area contributed by atoms with Gasteiger partial charge in [-0.15, -0.1) is 0 Å². The zero-order valence-corrected chi connectivity index (χ0v) is 11.7. The van der Waals surface area contributed by atoms with Crippen molar-refractivity contribution in [3.63, 3.8) is 0 Å². The first kappa shape index (κ1) is 11.6. The first-order valence-electron chi connectivity index (χ1n) is 5.91. The first-order chi connectivity index (χ1) is 8.70. The predicted molar refractivity (Wildman–Crippen MR) is 74.3 cm³/mol. The van der Waals surface area contributed by atoms with E-state index in [1.54, 1.807) is 7.11 Å². The molecule has 5 heteroatoms. The third-order valence-corrected chi connectivity index (χ3v) is 4.00. The molecule has 0 radical (unpaired) electrons. The van der Waals surface area contributed by atoms with Crippen LogP contribution in [-0.2, 0) is 12.8 Å². The SMILES string of the molecule is COc1cc(-n2nc(N)c3c2CCC3)ccc1Br. The van der Waals surface area contributed by atoms with E-state index in [9.17, 15) is 0 Å². The average Bonchev–Trinajstić information content (AvgIpc) is 2.95. The van der Waals surface area contributed by atoms with Gasteiger partial charge in [0.2, 0.25) is 0 Å². The summed E-state index contributed by atoms with van der Waals surface area (Å²) in [6, 6.07) is 5.94. The normalized spacial score (nSPS) is 13.7. The second-order valence-electron chi connectivity index (χ2n) is 4.39. The lowest BCUT2D eigenvalue weighted by Gasteiger charge is -2.09. The molecule has 0 atom stereocenters. The third kappa shape index (κ3) is 1.70. The molecule has 0 spiro atoms. The number of anilines is 1. The number of nitrogen functional groups attached to an aromatic ring is 1. The Bertz CT molecular complexity index is 607. The molecule has 0 amide bonds. The summed E-state index contributed by atoms with van der Waals surface area (Å²) in [4.78, 5) is 0. The predicted octanol–water partition coefficient (Wildman–Crippen LogP) is 2.71. The van der Waals surface area contributed by atoms with Crippen LogP contribution in [0.25, 0.3) is 5.69 Å². The fraction of sp³-hybridized carbons (Fsp3) is 0.308. The summed E-state index contributed by atoms with van der Waals surface area (Å²) in [5, 5.41) is 4.43. The Labute approximate surface area is 114 Å². The van der Waals surface area contributed by atoms with E-state index in [0.717, 1.165) is 35.2 Å². The third-order valence-electron chi connectivity index (χ3n) is 3.34. The summed E-state index contributed by atoms with van der Waals surface area (Å²) in [6.45, 7) is 0. The Morgan fingerprint density at radius 3 is 3.00 bits per heavy atom. The van der Waals surface area contributed by atoms with Gasteiger partial charge in [-0.2, -0.15) is 5.10 Å². The second kappa shape index (κ2) is 4.31. The standard InChI is InChI=1S/C13H14BrN3O/c1-18-12-7-8(5-6-10(12)14)17-11-4-2-3-9(11)13(15)16-17/h5-7H,2-4H2,1H3,(H2,15,16). The van der Waals surface area contributed by atoms with Gasteiger partial charge in [0.25, 0.3) is 0 Å². The summed E-state index contributed by atoms with van der Waals surface area (Å²) in [5.74, 6) is 1.46. The highest BCUT2D eigenvalue weighted by Gasteiger charge is 2.21. The van der Waals surface area contributed by atoms with Gasteiger partial charge in [-0.1, -0.05) is 0 Å². The summed E-state index contributed by atoms with van der Waals surface area (Å²) < 4.78 is 8.19. The van der Waals surface area contributed by atoms with Crippen molar-refractivity contribution in [3.05, 3.63) is 33.9 Å². The fourth-order valence-corrected chi connectivity index (χ4v) is 2.87. The first-order valence-corrected chi connectivity index (χ1v) is 6.70. The Morgan fingerprint density at radius 1 is 1.39 bits per heavy atom. The second-order valence-corrected chi connectivity index (χ2v) is 5.25. The highest BCUT2D eigenvalue weighted by molar-refractivity contribution is 9.10. The van der Waals surface area contributed by atoms with E-state index in [1.807, 2.05) is 22.9 Å². The Kier molecular flexibility index (Phi) is 2.78. The zero-order chi connectivity index (χ0) is 12.7. The number of fused-ring (bicyclic) bond motifs is 1. The highest BCUT2D eigenvalue weighted by atomic mass is 79.9. The number of methoxy groups -OCH3 is 1. The number of hydrogen-bond donors (Lipinski definition) is 1. The molecule has 4 nitrogen and oxygen atoms in total. The largest absolute Gasteiger partial charge is 0.495 e. The van der Waals surface area contributed by atoms with Gasteiger partial charge in [0.05, 0.1) is 17.3 Å². The van der Waals surface area contributed by atoms with Gasteiger partial charge in [0, 0.05) is 17.3 Å². The van der Waals surface area contributed by atoms with Crippen molar-refractivity contribution in [2.75, 3.05) is 12.8 Å². The van der Waals surface area contributed by atoms with Crippen molar-refractivity contribution in [1.29, 1.82) is 0 Å². The number of hydrogen-bond acceptors (Lipinski definition) is 3. The van der Waals surface area contributed by atoms with E-state index >= 15 is 0 Å². The Morgan fingerprint density at radius 2 is 2.22 bits per heavy atom. The molecule has 0 aliphatic heterocycles. The van der Waals surface area contributed by atoms with Crippen molar-refractivity contribution in [3.8, 4) is 11.4 Å². The van der Waals surface area contributed by atoms with E-state index in [1.165, 1.54) is 11.3 Å². The lowest BCUT2D eigenvalue weighted by molar-refractivity contribution is 0.412. The molecule has 1 aliphatic rings. The molecule has 0 saturated carbocycles. The molecule has 1 aromatic heterocycles. The number of nitrogens with two attached hydrogens (primary N) is 1. The molecule has 0 unspecified atom stereocenters. The maximum Gasteiger partial charge on any atom is 0.149 e. The minimum absolute atomic E-state index is 0.657. The molecule has 2 aromatic rings. The minimum Gasteiger partial charge on any atom is -0.495 e. The highest BCUT2D eigenvalue weighted by Crippen LogP contribution is 2.32. The van der Waals surface area contributed by atoms with Crippen LogP contribution >= 0.6 is 15.9 Å². The maximum absolute atomic E-state index is 5.96. The van der Waals surface area contributed by atoms with Crippen LogP contribution in [0.2, 0.25) is 0 Å². The van der Waals surface area contributed by atoms with E-state index in [2.05, 4.69) is 21.0 Å². The summed E-state index contributed by atoms with van der Waals surface area (Å²) >= 11 is 3.45. The van der Waals surface area contributed by atoms with Crippen LogP contribution in [0, 0.1) is 0 Å². The van der Waals surface area contributed by atoms with E-state index in [0.29, 0.717) is 5.82 Å². The van der Waals surface area contributed by atoms with Gasteiger partial charge in [-0.05, 0) is 47.3 Å².